The summed E-state index contributed by atoms with van der Waals surface area (Å²) in [5.41, 5.74) is 0.488. The van der Waals surface area contributed by atoms with Gasteiger partial charge in [-0.1, -0.05) is 18.2 Å². The smallest absolute Gasteiger partial charge is 0.243 e. The first kappa shape index (κ1) is 17.9. The Morgan fingerprint density at radius 2 is 1.74 bits per heavy atom. The Bertz CT molecular complexity index is 669. The van der Waals surface area contributed by atoms with Crippen molar-refractivity contribution in [1.29, 1.82) is 0 Å². The second-order valence-electron chi connectivity index (χ2n) is 7.18. The van der Waals surface area contributed by atoms with Crippen LogP contribution in [-0.4, -0.2) is 37.3 Å². The molecule has 0 aromatic heterocycles. The summed E-state index contributed by atoms with van der Waals surface area (Å²) in [4.78, 5) is 12.6. The second kappa shape index (κ2) is 6.61. The summed E-state index contributed by atoms with van der Waals surface area (Å²) in [5.74, 6) is -0.0945. The standard InChI is InChI=1S/C17H26N2O3S/c1-13-7-5-6-8-15(13)23(21,22)19-11-9-14(10-12-19)16(20)18-17(2,3)4/h5-8,14H,9-12H2,1-4H3,(H,18,20). The molecule has 0 spiro atoms. The molecule has 128 valence electrons. The molecule has 1 fully saturated rings. The van der Waals surface area contributed by atoms with E-state index in [1.54, 1.807) is 25.1 Å². The Kier molecular flexibility index (Phi) is 5.16. The van der Waals surface area contributed by atoms with Crippen molar-refractivity contribution in [3.8, 4) is 0 Å². The van der Waals surface area contributed by atoms with Crippen LogP contribution in [0.2, 0.25) is 0 Å². The molecule has 0 bridgehead atoms. The summed E-state index contributed by atoms with van der Waals surface area (Å²) in [6, 6.07) is 7.01. The number of carbonyl (C=O) groups is 1. The van der Waals surface area contributed by atoms with Crippen LogP contribution in [0.5, 0.6) is 0 Å². The molecule has 1 heterocycles. The lowest BCUT2D eigenvalue weighted by Gasteiger charge is -2.32. The summed E-state index contributed by atoms with van der Waals surface area (Å²) in [6.45, 7) is 8.42. The Balaban J connectivity index is 2.04. The predicted molar refractivity (Wildman–Crippen MR) is 90.6 cm³/mol. The molecule has 6 heteroatoms. The van der Waals surface area contributed by atoms with Gasteiger partial charge in [0.25, 0.3) is 0 Å². The first-order valence-corrected chi connectivity index (χ1v) is 9.43. The van der Waals surface area contributed by atoms with Crippen molar-refractivity contribution in [1.82, 2.24) is 9.62 Å². The van der Waals surface area contributed by atoms with Crippen LogP contribution in [0.1, 0.15) is 39.2 Å². The average Bonchev–Trinajstić information content (AvgIpc) is 2.46. The molecular weight excluding hydrogens is 312 g/mol. The zero-order valence-corrected chi connectivity index (χ0v) is 15.1. The molecule has 0 aliphatic carbocycles. The van der Waals surface area contributed by atoms with Gasteiger partial charge in [0.05, 0.1) is 4.90 Å². The Labute approximate surface area is 139 Å². The molecule has 2 rings (SSSR count). The van der Waals surface area contributed by atoms with Crippen molar-refractivity contribution in [2.45, 2.75) is 51.0 Å². The third-order valence-corrected chi connectivity index (χ3v) is 6.09. The van der Waals surface area contributed by atoms with E-state index in [9.17, 15) is 13.2 Å². The van der Waals surface area contributed by atoms with Gasteiger partial charge < -0.3 is 5.32 Å². The van der Waals surface area contributed by atoms with E-state index >= 15 is 0 Å². The molecule has 1 aromatic carbocycles. The van der Waals surface area contributed by atoms with Gasteiger partial charge in [0, 0.05) is 24.5 Å². The molecule has 1 amide bonds. The summed E-state index contributed by atoms with van der Waals surface area (Å²) in [6.07, 6.45) is 1.13. The van der Waals surface area contributed by atoms with Gasteiger partial charge in [-0.2, -0.15) is 4.31 Å². The maximum Gasteiger partial charge on any atom is 0.243 e. The fourth-order valence-corrected chi connectivity index (χ4v) is 4.51. The highest BCUT2D eigenvalue weighted by Gasteiger charge is 2.33. The lowest BCUT2D eigenvalue weighted by atomic mass is 9.96. The van der Waals surface area contributed by atoms with Crippen LogP contribution in [0.3, 0.4) is 0 Å². The predicted octanol–water partition coefficient (Wildman–Crippen LogP) is 2.31. The van der Waals surface area contributed by atoms with Crippen molar-refractivity contribution in [3.63, 3.8) is 0 Å². The molecular formula is C17H26N2O3S. The Hall–Kier alpha value is -1.40. The minimum Gasteiger partial charge on any atom is -0.351 e. The maximum atomic E-state index is 12.7. The summed E-state index contributed by atoms with van der Waals surface area (Å²) >= 11 is 0. The number of carbonyl (C=O) groups excluding carboxylic acids is 1. The highest BCUT2D eigenvalue weighted by atomic mass is 32.2. The van der Waals surface area contributed by atoms with E-state index in [1.165, 1.54) is 4.31 Å². The number of amides is 1. The largest absolute Gasteiger partial charge is 0.351 e. The van der Waals surface area contributed by atoms with Crippen molar-refractivity contribution in [2.75, 3.05) is 13.1 Å². The number of aryl methyl sites for hydroxylation is 1. The number of hydrogen-bond acceptors (Lipinski definition) is 3. The van der Waals surface area contributed by atoms with E-state index in [1.807, 2.05) is 26.8 Å². The number of nitrogens with zero attached hydrogens (tertiary/aromatic N) is 1. The van der Waals surface area contributed by atoms with E-state index in [2.05, 4.69) is 5.32 Å². The molecule has 0 radical (unpaired) electrons. The number of benzene rings is 1. The van der Waals surface area contributed by atoms with Gasteiger partial charge in [-0.25, -0.2) is 8.42 Å². The van der Waals surface area contributed by atoms with Crippen LogP contribution in [0.15, 0.2) is 29.2 Å². The molecule has 1 aromatic rings. The molecule has 0 unspecified atom stereocenters. The SMILES string of the molecule is Cc1ccccc1S(=O)(=O)N1CCC(C(=O)NC(C)(C)C)CC1. The van der Waals surface area contributed by atoms with Gasteiger partial charge in [-0.15, -0.1) is 0 Å². The zero-order valence-electron chi connectivity index (χ0n) is 14.3. The minimum atomic E-state index is -3.48. The monoisotopic (exact) mass is 338 g/mol. The summed E-state index contributed by atoms with van der Waals surface area (Å²) in [5, 5.41) is 2.98. The van der Waals surface area contributed by atoms with Gasteiger partial charge >= 0.3 is 0 Å². The fraction of sp³-hybridized carbons (Fsp3) is 0.588. The van der Waals surface area contributed by atoms with E-state index in [0.717, 1.165) is 5.56 Å². The third-order valence-electron chi connectivity index (χ3n) is 4.03. The van der Waals surface area contributed by atoms with Crippen LogP contribution in [-0.2, 0) is 14.8 Å². The maximum absolute atomic E-state index is 12.7. The van der Waals surface area contributed by atoms with Crippen molar-refractivity contribution < 1.29 is 13.2 Å². The van der Waals surface area contributed by atoms with Gasteiger partial charge in [0.15, 0.2) is 0 Å². The van der Waals surface area contributed by atoms with Crippen molar-refractivity contribution >= 4 is 15.9 Å². The van der Waals surface area contributed by atoms with Crippen molar-refractivity contribution in [2.24, 2.45) is 5.92 Å². The Morgan fingerprint density at radius 3 is 2.26 bits per heavy atom. The average molecular weight is 338 g/mol. The number of piperidine rings is 1. The quantitative estimate of drug-likeness (QED) is 0.920. The van der Waals surface area contributed by atoms with E-state index in [0.29, 0.717) is 30.8 Å². The fourth-order valence-electron chi connectivity index (χ4n) is 2.81. The summed E-state index contributed by atoms with van der Waals surface area (Å²) < 4.78 is 27.0. The third kappa shape index (κ3) is 4.32. The molecule has 5 nitrogen and oxygen atoms in total. The lowest BCUT2D eigenvalue weighted by Crippen LogP contribution is -2.47. The Morgan fingerprint density at radius 1 is 1.17 bits per heavy atom. The van der Waals surface area contributed by atoms with Crippen LogP contribution in [0.4, 0.5) is 0 Å². The number of rotatable bonds is 3. The normalized spacial score (nSPS) is 17.9. The molecule has 1 saturated heterocycles. The molecule has 1 aliphatic heterocycles. The molecule has 0 atom stereocenters. The van der Waals surface area contributed by atoms with E-state index in [-0.39, 0.29) is 17.4 Å². The molecule has 0 saturated carbocycles. The van der Waals surface area contributed by atoms with Gasteiger partial charge in [0.2, 0.25) is 15.9 Å². The first-order chi connectivity index (χ1) is 10.6. The number of nitrogens with one attached hydrogen (secondary N) is 1. The molecule has 1 N–H and O–H groups in total. The van der Waals surface area contributed by atoms with Crippen LogP contribution in [0, 0.1) is 12.8 Å². The van der Waals surface area contributed by atoms with E-state index < -0.39 is 10.0 Å². The summed E-state index contributed by atoms with van der Waals surface area (Å²) in [7, 11) is -3.48. The highest BCUT2D eigenvalue weighted by Crippen LogP contribution is 2.26. The number of sulfonamides is 1. The first-order valence-electron chi connectivity index (χ1n) is 7.99. The lowest BCUT2D eigenvalue weighted by molar-refractivity contribution is -0.127. The highest BCUT2D eigenvalue weighted by molar-refractivity contribution is 7.89. The van der Waals surface area contributed by atoms with Gasteiger partial charge in [-0.3, -0.25) is 4.79 Å². The zero-order chi connectivity index (χ0) is 17.3. The topological polar surface area (TPSA) is 66.5 Å². The van der Waals surface area contributed by atoms with Crippen LogP contribution in [0.25, 0.3) is 0 Å². The van der Waals surface area contributed by atoms with Gasteiger partial charge in [0.1, 0.15) is 0 Å². The van der Waals surface area contributed by atoms with E-state index in [4.69, 9.17) is 0 Å². The van der Waals surface area contributed by atoms with Gasteiger partial charge in [-0.05, 0) is 52.2 Å². The van der Waals surface area contributed by atoms with Crippen LogP contribution >= 0.6 is 0 Å². The molecule has 23 heavy (non-hydrogen) atoms. The van der Waals surface area contributed by atoms with Crippen molar-refractivity contribution in [3.05, 3.63) is 29.8 Å². The second-order valence-corrected chi connectivity index (χ2v) is 9.09. The number of hydrogen-bond donors (Lipinski definition) is 1. The van der Waals surface area contributed by atoms with Crippen LogP contribution < -0.4 is 5.32 Å². The minimum absolute atomic E-state index is 0.0189. The molecule has 1 aliphatic rings.